The second kappa shape index (κ2) is 19.3. The van der Waals surface area contributed by atoms with Crippen molar-refractivity contribution < 1.29 is 33.9 Å². The van der Waals surface area contributed by atoms with Crippen LogP contribution in [0.25, 0.3) is 0 Å². The first-order chi connectivity index (χ1) is 30.2. The van der Waals surface area contributed by atoms with Gasteiger partial charge in [0.15, 0.2) is 0 Å². The number of para-hydroxylation sites is 6. The van der Waals surface area contributed by atoms with Crippen LogP contribution in [0.15, 0.2) is 182 Å². The van der Waals surface area contributed by atoms with Gasteiger partial charge in [-0.1, -0.05) is 109 Å². The predicted octanol–water partition coefficient (Wildman–Crippen LogP) is 8.76. The summed E-state index contributed by atoms with van der Waals surface area (Å²) in [6, 6.07) is 48.6. The van der Waals surface area contributed by atoms with Gasteiger partial charge in [-0.15, -0.1) is 0 Å². The van der Waals surface area contributed by atoms with Crippen molar-refractivity contribution in [3.63, 3.8) is 0 Å². The van der Waals surface area contributed by atoms with E-state index in [4.69, 9.17) is 0 Å². The minimum absolute atomic E-state index is 0.220. The number of carbonyl (C=O) groups excluding carboxylic acids is 6. The van der Waals surface area contributed by atoms with Crippen molar-refractivity contribution in [2.75, 3.05) is 31.9 Å². The third-order valence-electron chi connectivity index (χ3n) is 9.44. The Labute approximate surface area is 355 Å². The molecule has 13 nitrogen and oxygen atoms in total. The molecule has 7 aromatic rings. The van der Waals surface area contributed by atoms with Crippen molar-refractivity contribution in [3.05, 3.63) is 210 Å². The summed E-state index contributed by atoms with van der Waals surface area (Å²) in [4.78, 5) is 89.1. The van der Waals surface area contributed by atoms with Gasteiger partial charge < -0.3 is 37.0 Å². The lowest BCUT2D eigenvalue weighted by molar-refractivity contribution is -0.126. The maximum atomic E-state index is 15.0. The molecular formula is C49H38N6O7. The number of rotatable bonds is 13. The Morgan fingerprint density at radius 3 is 0.823 bits per heavy atom. The van der Waals surface area contributed by atoms with E-state index in [1.165, 1.54) is 0 Å². The summed E-state index contributed by atoms with van der Waals surface area (Å²) in [6.07, 6.45) is 0. The zero-order chi connectivity index (χ0) is 43.4. The fourth-order valence-corrected chi connectivity index (χ4v) is 6.66. The number of phenols is 1. The van der Waals surface area contributed by atoms with Crippen LogP contribution in [0.5, 0.6) is 5.75 Å². The SMILES string of the molecule is O=C(Nc1ccccc1)c1c(O)c(C(C(=O)Nc2ccccc2)C(=O)Nc2ccccc2)c(C(=O)Nc2ccccc2)c(C(=O)Nc2ccccc2)c1C(=O)Nc1ccccc1. The summed E-state index contributed by atoms with van der Waals surface area (Å²) in [6.45, 7) is 0. The maximum absolute atomic E-state index is 15.0. The van der Waals surface area contributed by atoms with E-state index in [9.17, 15) is 24.3 Å². The van der Waals surface area contributed by atoms with Gasteiger partial charge in [0.05, 0.1) is 22.3 Å². The van der Waals surface area contributed by atoms with Crippen LogP contribution in [0.3, 0.4) is 0 Å². The lowest BCUT2D eigenvalue weighted by Gasteiger charge is -2.26. The number of nitrogens with one attached hydrogen (secondary N) is 6. The highest BCUT2D eigenvalue weighted by Crippen LogP contribution is 2.41. The molecule has 6 amide bonds. The summed E-state index contributed by atoms with van der Waals surface area (Å²) >= 11 is 0. The lowest BCUT2D eigenvalue weighted by atomic mass is 9.81. The molecule has 0 saturated heterocycles. The molecule has 306 valence electrons. The quantitative estimate of drug-likeness (QED) is 0.0565. The Kier molecular flexibility index (Phi) is 12.8. The average molecular weight is 823 g/mol. The van der Waals surface area contributed by atoms with Crippen molar-refractivity contribution in [1.29, 1.82) is 0 Å². The van der Waals surface area contributed by atoms with Gasteiger partial charge in [0.25, 0.3) is 23.6 Å². The topological polar surface area (TPSA) is 195 Å². The molecule has 0 aliphatic carbocycles. The fourth-order valence-electron chi connectivity index (χ4n) is 6.66. The molecule has 0 bridgehead atoms. The van der Waals surface area contributed by atoms with E-state index >= 15 is 9.59 Å². The molecule has 13 heteroatoms. The summed E-state index contributed by atoms with van der Waals surface area (Å²) in [5.74, 6) is -9.75. The molecule has 7 rings (SSSR count). The van der Waals surface area contributed by atoms with Crippen molar-refractivity contribution >= 4 is 69.6 Å². The van der Waals surface area contributed by atoms with E-state index in [1.807, 2.05) is 0 Å². The van der Waals surface area contributed by atoms with E-state index in [2.05, 4.69) is 31.9 Å². The Morgan fingerprint density at radius 1 is 0.306 bits per heavy atom. The van der Waals surface area contributed by atoms with Crippen molar-refractivity contribution in [2.45, 2.75) is 5.92 Å². The highest BCUT2D eigenvalue weighted by molar-refractivity contribution is 6.28. The fraction of sp³-hybridized carbons (Fsp3) is 0.0204. The van der Waals surface area contributed by atoms with Crippen LogP contribution in [-0.2, 0) is 9.59 Å². The first-order valence-electron chi connectivity index (χ1n) is 19.3. The van der Waals surface area contributed by atoms with Gasteiger partial charge in [0, 0.05) is 39.7 Å². The van der Waals surface area contributed by atoms with Crippen LogP contribution in [0, 0.1) is 0 Å². The monoisotopic (exact) mass is 822 g/mol. The summed E-state index contributed by atoms with van der Waals surface area (Å²) in [5.41, 5.74) is -2.36. The molecule has 0 fully saturated rings. The van der Waals surface area contributed by atoms with Gasteiger partial charge in [-0.25, -0.2) is 0 Å². The molecular weight excluding hydrogens is 785 g/mol. The molecule has 7 aromatic carbocycles. The highest BCUT2D eigenvalue weighted by Gasteiger charge is 2.43. The van der Waals surface area contributed by atoms with Crippen molar-refractivity contribution in [1.82, 2.24) is 0 Å². The lowest BCUT2D eigenvalue weighted by Crippen LogP contribution is -2.37. The van der Waals surface area contributed by atoms with E-state index in [0.29, 0.717) is 0 Å². The number of carbonyl (C=O) groups is 6. The normalized spacial score (nSPS) is 10.5. The summed E-state index contributed by atoms with van der Waals surface area (Å²) in [5, 5.41) is 28.8. The summed E-state index contributed by atoms with van der Waals surface area (Å²) in [7, 11) is 0. The van der Waals surface area contributed by atoms with Crippen LogP contribution < -0.4 is 31.9 Å². The Hall–Kier alpha value is -8.84. The van der Waals surface area contributed by atoms with Crippen LogP contribution >= 0.6 is 0 Å². The molecule has 7 N–H and O–H groups in total. The third kappa shape index (κ3) is 9.71. The molecule has 0 atom stereocenters. The zero-order valence-electron chi connectivity index (χ0n) is 32.8. The van der Waals surface area contributed by atoms with Gasteiger partial charge in [-0.2, -0.15) is 0 Å². The first-order valence-corrected chi connectivity index (χ1v) is 19.3. The number of benzene rings is 7. The standard InChI is InChI=1S/C49H38N6O7/c56-43-37(42(48(61)54-35-27-15-5-16-28-35)49(62)55-36-29-17-6-18-30-36)38(44(57)50-31-19-7-1-8-20-31)39(45(58)51-32-21-9-2-10-22-32)40(46(59)52-33-23-11-3-12-24-33)41(43)47(60)53-34-25-13-4-14-26-34/h1-30,42,56H,(H,50,57)(H,51,58)(H,52,59)(H,53,60)(H,54,61)(H,55,62). The smallest absolute Gasteiger partial charge is 0.260 e. The van der Waals surface area contributed by atoms with Crippen LogP contribution in [0.1, 0.15) is 52.9 Å². The average Bonchev–Trinajstić information content (AvgIpc) is 3.28. The molecule has 62 heavy (non-hydrogen) atoms. The third-order valence-corrected chi connectivity index (χ3v) is 9.44. The molecule has 0 aliphatic rings. The van der Waals surface area contributed by atoms with Gasteiger partial charge in [-0.05, 0) is 72.8 Å². The zero-order valence-corrected chi connectivity index (χ0v) is 32.8. The minimum atomic E-state index is -2.16. The van der Waals surface area contributed by atoms with E-state index in [-0.39, 0.29) is 34.1 Å². The number of phenolic OH excluding ortho intramolecular Hbond substituents is 1. The predicted molar refractivity (Wildman–Crippen MR) is 239 cm³/mol. The van der Waals surface area contributed by atoms with E-state index in [1.54, 1.807) is 182 Å². The molecule has 0 unspecified atom stereocenters. The Morgan fingerprint density at radius 2 is 0.532 bits per heavy atom. The number of amides is 6. The Bertz CT molecular complexity index is 2690. The Balaban J connectivity index is 1.57. The largest absolute Gasteiger partial charge is 0.507 e. The number of hydrogen-bond acceptors (Lipinski definition) is 7. The van der Waals surface area contributed by atoms with Crippen LogP contribution in [-0.4, -0.2) is 40.5 Å². The van der Waals surface area contributed by atoms with Crippen molar-refractivity contribution in [3.8, 4) is 5.75 Å². The first kappa shape index (κ1) is 41.3. The second-order valence-corrected chi connectivity index (χ2v) is 13.7. The van der Waals surface area contributed by atoms with Gasteiger partial charge >= 0.3 is 0 Å². The van der Waals surface area contributed by atoms with Crippen LogP contribution in [0.4, 0.5) is 34.1 Å². The summed E-state index contributed by atoms with van der Waals surface area (Å²) < 4.78 is 0. The van der Waals surface area contributed by atoms with Gasteiger partial charge in [0.2, 0.25) is 11.8 Å². The van der Waals surface area contributed by atoms with E-state index in [0.717, 1.165) is 0 Å². The molecule has 0 aliphatic heterocycles. The maximum Gasteiger partial charge on any atom is 0.260 e. The second-order valence-electron chi connectivity index (χ2n) is 13.7. The minimum Gasteiger partial charge on any atom is -0.507 e. The molecule has 0 spiro atoms. The molecule has 0 saturated carbocycles. The number of hydrogen-bond donors (Lipinski definition) is 7. The molecule has 0 radical (unpaired) electrons. The molecule has 0 heterocycles. The molecule has 0 aromatic heterocycles. The highest BCUT2D eigenvalue weighted by atomic mass is 16.3. The van der Waals surface area contributed by atoms with Gasteiger partial charge in [-0.3, -0.25) is 28.8 Å². The van der Waals surface area contributed by atoms with Crippen LogP contribution in [0.2, 0.25) is 0 Å². The number of aromatic hydroxyl groups is 1. The van der Waals surface area contributed by atoms with Crippen molar-refractivity contribution in [2.24, 2.45) is 0 Å². The van der Waals surface area contributed by atoms with Gasteiger partial charge in [0.1, 0.15) is 11.7 Å². The number of anilines is 6. The van der Waals surface area contributed by atoms with E-state index < -0.39 is 74.9 Å².